The number of rotatable bonds is 6. The second-order valence-electron chi connectivity index (χ2n) is 6.84. The summed E-state index contributed by atoms with van der Waals surface area (Å²) in [6.45, 7) is 0. The molecule has 0 unspecified atom stereocenters. The Hall–Kier alpha value is -2.12. The van der Waals surface area contributed by atoms with Crippen molar-refractivity contribution in [2.45, 2.75) is 4.90 Å². The maximum atomic E-state index is 13.7. The average molecular weight is 541 g/mol. The van der Waals surface area contributed by atoms with Crippen LogP contribution < -0.4 is 10.7 Å². The predicted octanol–water partition coefficient (Wildman–Crippen LogP) is 3.50. The SMILES string of the molecule is O=S(=O)(c1ccccc1)[N](Cl)[Sn]([c]1ccccc1)([c]1ccccc1)[c]1ccccc1. The molecule has 0 heterocycles. The van der Waals surface area contributed by atoms with Gasteiger partial charge >= 0.3 is 188 Å². The molecule has 0 aliphatic carbocycles. The Morgan fingerprint density at radius 2 is 0.833 bits per heavy atom. The van der Waals surface area contributed by atoms with Crippen molar-refractivity contribution >= 4 is 51.2 Å². The van der Waals surface area contributed by atoms with Crippen LogP contribution in [0, 0.1) is 0 Å². The Morgan fingerprint density at radius 3 is 1.17 bits per heavy atom. The summed E-state index contributed by atoms with van der Waals surface area (Å²) >= 11 is 2.58. The molecule has 0 spiro atoms. The van der Waals surface area contributed by atoms with Crippen LogP contribution in [0.2, 0.25) is 0 Å². The van der Waals surface area contributed by atoms with E-state index in [1.165, 1.54) is 2.05 Å². The van der Waals surface area contributed by atoms with Crippen LogP contribution in [0.3, 0.4) is 0 Å². The van der Waals surface area contributed by atoms with Gasteiger partial charge in [0.1, 0.15) is 0 Å². The number of nitrogens with zero attached hydrogens (tertiary/aromatic N) is 1. The van der Waals surface area contributed by atoms with Crippen molar-refractivity contribution in [3.8, 4) is 0 Å². The average Bonchev–Trinajstić information content (AvgIpc) is 2.82. The number of hydrogen-bond acceptors (Lipinski definition) is 2. The Morgan fingerprint density at radius 1 is 0.533 bits per heavy atom. The standard InChI is InChI=1S/C6H5ClNO2S.3C6H5.Sn/c7-8-11(9,10)6-4-2-1-3-5-6;3*1-2-4-6-5-3-1;/h1-5H;3*1-5H;/q-1;;;;+1. The fourth-order valence-corrected chi connectivity index (χ4v) is 23.4. The Labute approximate surface area is 187 Å². The van der Waals surface area contributed by atoms with Crippen molar-refractivity contribution in [3.05, 3.63) is 121 Å². The number of halogens is 1. The van der Waals surface area contributed by atoms with Crippen LogP contribution in [0.1, 0.15) is 0 Å². The first-order valence-corrected chi connectivity index (χ1v) is 16.8. The zero-order valence-corrected chi connectivity index (χ0v) is 20.5. The molecule has 0 saturated heterocycles. The fraction of sp³-hybridized carbons (Fsp3) is 0. The summed E-state index contributed by atoms with van der Waals surface area (Å²) in [6.07, 6.45) is 0. The van der Waals surface area contributed by atoms with Crippen LogP contribution in [0.25, 0.3) is 0 Å². The molecule has 0 aliphatic rings. The van der Waals surface area contributed by atoms with Gasteiger partial charge in [-0.2, -0.15) is 0 Å². The Kier molecular flexibility index (Phi) is 6.29. The molecule has 0 N–H and O–H groups in total. The first-order chi connectivity index (χ1) is 14.6. The summed E-state index contributed by atoms with van der Waals surface area (Å²) in [6, 6.07) is 37.8. The van der Waals surface area contributed by atoms with E-state index in [0.29, 0.717) is 0 Å². The van der Waals surface area contributed by atoms with E-state index in [0.717, 1.165) is 10.7 Å². The summed E-state index contributed by atoms with van der Waals surface area (Å²) in [7, 11) is -3.95. The zero-order chi connectivity index (χ0) is 21.0. The molecule has 4 aromatic carbocycles. The van der Waals surface area contributed by atoms with Gasteiger partial charge in [0, 0.05) is 0 Å². The molecule has 30 heavy (non-hydrogen) atoms. The van der Waals surface area contributed by atoms with Gasteiger partial charge in [-0.3, -0.25) is 0 Å². The molecular formula is C24H20ClNO2SSn. The van der Waals surface area contributed by atoms with Gasteiger partial charge in [-0.1, -0.05) is 0 Å². The third kappa shape index (κ3) is 3.69. The molecular weight excluding hydrogens is 521 g/mol. The molecule has 0 bridgehead atoms. The molecule has 4 aromatic rings. The van der Waals surface area contributed by atoms with Crippen molar-refractivity contribution in [1.82, 2.24) is 2.05 Å². The molecule has 150 valence electrons. The summed E-state index contributed by atoms with van der Waals surface area (Å²) in [5, 5.41) is 0. The Bertz CT molecular complexity index is 1110. The minimum absolute atomic E-state index is 0.184. The van der Waals surface area contributed by atoms with Gasteiger partial charge in [0.25, 0.3) is 0 Å². The summed E-state index contributed by atoms with van der Waals surface area (Å²) < 4.78 is 31.5. The van der Waals surface area contributed by atoms with Gasteiger partial charge < -0.3 is 0 Å². The third-order valence-corrected chi connectivity index (χ3v) is 24.0. The molecule has 6 heteroatoms. The second-order valence-corrected chi connectivity index (χ2v) is 21.2. The summed E-state index contributed by atoms with van der Waals surface area (Å²) in [5.41, 5.74) is 0. The molecule has 0 saturated carbocycles. The molecule has 0 fully saturated rings. The van der Waals surface area contributed by atoms with E-state index < -0.39 is 28.7 Å². The van der Waals surface area contributed by atoms with E-state index in [1.54, 1.807) is 30.3 Å². The first-order valence-electron chi connectivity index (χ1n) is 9.51. The van der Waals surface area contributed by atoms with Gasteiger partial charge in [0.15, 0.2) is 0 Å². The third-order valence-electron chi connectivity index (χ3n) is 5.09. The first kappa shape index (κ1) is 21.1. The number of benzene rings is 4. The van der Waals surface area contributed by atoms with E-state index in [4.69, 9.17) is 11.8 Å². The van der Waals surface area contributed by atoms with Gasteiger partial charge in [-0.05, 0) is 0 Å². The second kappa shape index (κ2) is 8.94. The zero-order valence-electron chi connectivity index (χ0n) is 16.1. The van der Waals surface area contributed by atoms with E-state index in [-0.39, 0.29) is 4.90 Å². The van der Waals surface area contributed by atoms with Gasteiger partial charge in [0.05, 0.1) is 0 Å². The summed E-state index contributed by atoms with van der Waals surface area (Å²) in [4.78, 5) is 0.184. The van der Waals surface area contributed by atoms with E-state index >= 15 is 0 Å². The van der Waals surface area contributed by atoms with Gasteiger partial charge in [-0.25, -0.2) is 0 Å². The Balaban J connectivity index is 2.08. The van der Waals surface area contributed by atoms with Crippen molar-refractivity contribution in [3.63, 3.8) is 0 Å². The molecule has 3 nitrogen and oxygen atoms in total. The van der Waals surface area contributed by atoms with Gasteiger partial charge in [0.2, 0.25) is 0 Å². The van der Waals surface area contributed by atoms with E-state index in [2.05, 4.69) is 0 Å². The van der Waals surface area contributed by atoms with Crippen LogP contribution in [0.5, 0.6) is 0 Å². The molecule has 0 amide bonds. The monoisotopic (exact) mass is 541 g/mol. The maximum absolute atomic E-state index is 13.7. The molecule has 0 atom stereocenters. The quantitative estimate of drug-likeness (QED) is 0.277. The van der Waals surface area contributed by atoms with Crippen molar-refractivity contribution in [2.75, 3.05) is 0 Å². The van der Waals surface area contributed by atoms with Gasteiger partial charge in [-0.15, -0.1) is 0 Å². The number of hydrogen-bond donors (Lipinski definition) is 0. The molecule has 0 radical (unpaired) electrons. The van der Waals surface area contributed by atoms with Crippen molar-refractivity contribution in [2.24, 2.45) is 0 Å². The van der Waals surface area contributed by atoms with E-state index in [1.807, 2.05) is 91.0 Å². The number of sulfonamides is 1. The predicted molar refractivity (Wildman–Crippen MR) is 125 cm³/mol. The van der Waals surface area contributed by atoms with E-state index in [9.17, 15) is 8.42 Å². The fourth-order valence-electron chi connectivity index (χ4n) is 3.71. The van der Waals surface area contributed by atoms with Crippen LogP contribution in [0.15, 0.2) is 126 Å². The minimum atomic E-state index is -4.39. The molecule has 0 aromatic heterocycles. The topological polar surface area (TPSA) is 37.4 Å². The van der Waals surface area contributed by atoms with Crippen molar-refractivity contribution < 1.29 is 8.42 Å². The van der Waals surface area contributed by atoms with Crippen LogP contribution in [-0.2, 0) is 10.0 Å². The van der Waals surface area contributed by atoms with Crippen molar-refractivity contribution in [1.29, 1.82) is 0 Å². The summed E-state index contributed by atoms with van der Waals surface area (Å²) in [5.74, 6) is 0. The van der Waals surface area contributed by atoms with Crippen LogP contribution >= 0.6 is 11.8 Å². The van der Waals surface area contributed by atoms with Crippen LogP contribution in [0.4, 0.5) is 0 Å². The van der Waals surface area contributed by atoms with Crippen LogP contribution in [-0.4, -0.2) is 29.1 Å². The normalized spacial score (nSPS) is 12.1. The molecule has 4 rings (SSSR count). The molecule has 0 aliphatic heterocycles.